The van der Waals surface area contributed by atoms with Crippen LogP contribution in [0.15, 0.2) is 65.5 Å². The highest BCUT2D eigenvalue weighted by Gasteiger charge is 2.36. The molecule has 10 heteroatoms. The van der Waals surface area contributed by atoms with Crippen molar-refractivity contribution < 1.29 is 14.4 Å². The van der Waals surface area contributed by atoms with Crippen LogP contribution in [0.2, 0.25) is 0 Å². The predicted octanol–water partition coefficient (Wildman–Crippen LogP) is 3.19. The summed E-state index contributed by atoms with van der Waals surface area (Å²) in [5.74, 6) is -0.393. The molecule has 0 spiro atoms. The average Bonchev–Trinajstić information content (AvgIpc) is 3.35. The number of carbonyl (C=O) groups excluding carboxylic acids is 3. The quantitative estimate of drug-likeness (QED) is 0.316. The van der Waals surface area contributed by atoms with Crippen molar-refractivity contribution in [1.29, 1.82) is 0 Å². The lowest BCUT2D eigenvalue weighted by atomic mass is 9.89. The van der Waals surface area contributed by atoms with Gasteiger partial charge in [-0.05, 0) is 31.4 Å². The van der Waals surface area contributed by atoms with E-state index in [1.54, 1.807) is 21.3 Å². The standard InChI is InChI=1S/C33H42N6O4/c1-2-28(40)36-26-16-9-10-17-27(26)39-29(24-12-5-3-6-13-24)30(32(42)37-22-19-34-20-23-37)38(33(39)43)21-11-18-35-31(41)25-14-7-4-8-15-25/h3-8,12-15,26-27,34H,2,9-11,16-23H2,1H3,(H,35,41)(H,36,40)/t26-,27?/m0/s1. The van der Waals surface area contributed by atoms with Gasteiger partial charge >= 0.3 is 5.69 Å². The van der Waals surface area contributed by atoms with Crippen molar-refractivity contribution in [2.45, 2.75) is 64.1 Å². The maximum atomic E-state index is 14.5. The summed E-state index contributed by atoms with van der Waals surface area (Å²) < 4.78 is 3.39. The van der Waals surface area contributed by atoms with Gasteiger partial charge in [-0.3, -0.25) is 23.5 Å². The molecule has 43 heavy (non-hydrogen) atoms. The Balaban J connectivity index is 1.55. The van der Waals surface area contributed by atoms with E-state index >= 15 is 0 Å². The zero-order chi connectivity index (χ0) is 30.2. The number of amides is 3. The third kappa shape index (κ3) is 6.91. The van der Waals surface area contributed by atoms with Crippen LogP contribution < -0.4 is 21.6 Å². The molecule has 1 aromatic heterocycles. The Kier molecular flexibility index (Phi) is 10.1. The summed E-state index contributed by atoms with van der Waals surface area (Å²) in [4.78, 5) is 55.7. The first-order valence-electron chi connectivity index (χ1n) is 15.5. The van der Waals surface area contributed by atoms with Crippen LogP contribution in [0.1, 0.15) is 72.3 Å². The first kappa shape index (κ1) is 30.3. The molecule has 228 valence electrons. The van der Waals surface area contributed by atoms with Crippen LogP contribution >= 0.6 is 0 Å². The van der Waals surface area contributed by atoms with E-state index in [-0.39, 0.29) is 42.0 Å². The summed E-state index contributed by atoms with van der Waals surface area (Å²) >= 11 is 0. The van der Waals surface area contributed by atoms with E-state index in [1.165, 1.54) is 0 Å². The molecular formula is C33H42N6O4. The fourth-order valence-electron chi connectivity index (χ4n) is 6.21. The minimum absolute atomic E-state index is 0.0445. The van der Waals surface area contributed by atoms with E-state index in [0.29, 0.717) is 62.5 Å². The second kappa shape index (κ2) is 14.3. The normalized spacial score (nSPS) is 18.7. The molecule has 0 bridgehead atoms. The van der Waals surface area contributed by atoms with Crippen LogP contribution in [-0.4, -0.2) is 70.5 Å². The van der Waals surface area contributed by atoms with E-state index in [9.17, 15) is 19.2 Å². The molecule has 1 unspecified atom stereocenters. The van der Waals surface area contributed by atoms with Gasteiger partial charge in [-0.1, -0.05) is 68.3 Å². The Morgan fingerprint density at radius 3 is 2.30 bits per heavy atom. The van der Waals surface area contributed by atoms with Crippen molar-refractivity contribution in [2.75, 3.05) is 32.7 Å². The van der Waals surface area contributed by atoms with Crippen molar-refractivity contribution in [3.05, 3.63) is 82.4 Å². The molecule has 3 amide bonds. The van der Waals surface area contributed by atoms with Crippen LogP contribution in [0.25, 0.3) is 11.3 Å². The molecule has 1 aliphatic heterocycles. The van der Waals surface area contributed by atoms with Gasteiger partial charge in [0.2, 0.25) is 5.91 Å². The van der Waals surface area contributed by atoms with Gasteiger partial charge < -0.3 is 20.9 Å². The highest BCUT2D eigenvalue weighted by Crippen LogP contribution is 2.34. The molecule has 2 heterocycles. The molecule has 1 aliphatic carbocycles. The molecule has 2 fully saturated rings. The zero-order valence-electron chi connectivity index (χ0n) is 24.9. The fourth-order valence-corrected chi connectivity index (χ4v) is 6.21. The number of nitrogens with zero attached hydrogens (tertiary/aromatic N) is 3. The van der Waals surface area contributed by atoms with Crippen LogP contribution in [0.3, 0.4) is 0 Å². The Labute approximate surface area is 252 Å². The summed E-state index contributed by atoms with van der Waals surface area (Å²) in [6, 6.07) is 18.1. The summed E-state index contributed by atoms with van der Waals surface area (Å²) in [6.07, 6.45) is 4.24. The van der Waals surface area contributed by atoms with Crippen molar-refractivity contribution in [2.24, 2.45) is 0 Å². The number of aromatic nitrogens is 2. The SMILES string of the molecule is CCC(=O)N[C@H]1CCCCC1n1c(-c2ccccc2)c(C(=O)N2CCNCC2)n(CCCNC(=O)c2ccccc2)c1=O. The van der Waals surface area contributed by atoms with Crippen LogP contribution in [0.4, 0.5) is 0 Å². The van der Waals surface area contributed by atoms with E-state index in [0.717, 1.165) is 31.2 Å². The number of rotatable bonds is 10. The molecule has 10 nitrogen and oxygen atoms in total. The molecule has 2 atom stereocenters. The second-order valence-electron chi connectivity index (χ2n) is 11.3. The number of benzene rings is 2. The topological polar surface area (TPSA) is 117 Å². The molecule has 1 saturated heterocycles. The lowest BCUT2D eigenvalue weighted by Crippen LogP contribution is -2.47. The van der Waals surface area contributed by atoms with E-state index in [1.807, 2.05) is 60.4 Å². The maximum absolute atomic E-state index is 14.5. The lowest BCUT2D eigenvalue weighted by Gasteiger charge is -2.34. The van der Waals surface area contributed by atoms with E-state index in [2.05, 4.69) is 16.0 Å². The molecule has 2 aromatic carbocycles. The van der Waals surface area contributed by atoms with Gasteiger partial charge in [0.1, 0.15) is 5.69 Å². The largest absolute Gasteiger partial charge is 0.352 e. The predicted molar refractivity (Wildman–Crippen MR) is 166 cm³/mol. The number of hydrogen-bond acceptors (Lipinski definition) is 5. The first-order valence-corrected chi connectivity index (χ1v) is 15.5. The smallest absolute Gasteiger partial charge is 0.329 e. The highest BCUT2D eigenvalue weighted by molar-refractivity contribution is 5.99. The number of carbonyl (C=O) groups is 3. The summed E-state index contributed by atoms with van der Waals surface area (Å²) in [7, 11) is 0. The Morgan fingerprint density at radius 1 is 0.930 bits per heavy atom. The van der Waals surface area contributed by atoms with Gasteiger partial charge in [-0.2, -0.15) is 0 Å². The fraction of sp³-hybridized carbons (Fsp3) is 0.455. The minimum Gasteiger partial charge on any atom is -0.352 e. The van der Waals surface area contributed by atoms with Gasteiger partial charge in [0.05, 0.1) is 11.7 Å². The minimum atomic E-state index is -0.277. The van der Waals surface area contributed by atoms with Crippen LogP contribution in [-0.2, 0) is 11.3 Å². The average molecular weight is 587 g/mol. The molecule has 5 rings (SSSR count). The molecule has 1 saturated carbocycles. The third-order valence-corrected chi connectivity index (χ3v) is 8.43. The van der Waals surface area contributed by atoms with Gasteiger partial charge in [-0.25, -0.2) is 4.79 Å². The van der Waals surface area contributed by atoms with Crippen molar-refractivity contribution >= 4 is 17.7 Å². The lowest BCUT2D eigenvalue weighted by molar-refractivity contribution is -0.122. The molecule has 2 aliphatic rings. The first-order chi connectivity index (χ1) is 21.0. The summed E-state index contributed by atoms with van der Waals surface area (Å²) in [5, 5.41) is 9.40. The van der Waals surface area contributed by atoms with E-state index < -0.39 is 0 Å². The van der Waals surface area contributed by atoms with Crippen LogP contribution in [0, 0.1) is 0 Å². The number of piperazine rings is 1. The van der Waals surface area contributed by atoms with Crippen molar-refractivity contribution in [1.82, 2.24) is 30.0 Å². The maximum Gasteiger partial charge on any atom is 0.329 e. The van der Waals surface area contributed by atoms with Gasteiger partial charge in [0, 0.05) is 62.9 Å². The summed E-state index contributed by atoms with van der Waals surface area (Å²) in [6.45, 7) is 4.94. The molecule has 3 N–H and O–H groups in total. The van der Waals surface area contributed by atoms with Gasteiger partial charge in [0.25, 0.3) is 11.8 Å². The third-order valence-electron chi connectivity index (χ3n) is 8.43. The van der Waals surface area contributed by atoms with E-state index in [4.69, 9.17) is 0 Å². The number of imidazole rings is 1. The molecule has 0 radical (unpaired) electrons. The van der Waals surface area contributed by atoms with Crippen molar-refractivity contribution in [3.8, 4) is 11.3 Å². The molecule has 3 aromatic rings. The second-order valence-corrected chi connectivity index (χ2v) is 11.3. The van der Waals surface area contributed by atoms with Crippen LogP contribution in [0.5, 0.6) is 0 Å². The van der Waals surface area contributed by atoms with Crippen molar-refractivity contribution in [3.63, 3.8) is 0 Å². The number of nitrogens with one attached hydrogen (secondary N) is 3. The molecular weight excluding hydrogens is 544 g/mol. The van der Waals surface area contributed by atoms with Gasteiger partial charge in [-0.15, -0.1) is 0 Å². The Bertz CT molecular complexity index is 1460. The number of hydrogen-bond donors (Lipinski definition) is 3. The highest BCUT2D eigenvalue weighted by atomic mass is 16.2. The summed E-state index contributed by atoms with van der Waals surface area (Å²) in [5.41, 5.74) is 2.09. The van der Waals surface area contributed by atoms with Gasteiger partial charge in [0.15, 0.2) is 0 Å². The Morgan fingerprint density at radius 2 is 1.60 bits per heavy atom. The zero-order valence-corrected chi connectivity index (χ0v) is 24.9. The monoisotopic (exact) mass is 586 g/mol. The Hall–Kier alpha value is -4.18.